The molecule has 0 saturated heterocycles. The van der Waals surface area contributed by atoms with Crippen molar-refractivity contribution >= 4 is 27.3 Å². The molecule has 0 aromatic carbocycles. The Morgan fingerprint density at radius 3 is 3.00 bits per heavy atom. The van der Waals surface area contributed by atoms with Gasteiger partial charge in [0.1, 0.15) is 0 Å². The van der Waals surface area contributed by atoms with E-state index in [-0.39, 0.29) is 12.6 Å². The number of aliphatic hydroxyl groups is 1. The van der Waals surface area contributed by atoms with Crippen molar-refractivity contribution in [3.63, 3.8) is 0 Å². The molecular formula is C9H14BrNO2S. The van der Waals surface area contributed by atoms with Gasteiger partial charge in [0.05, 0.1) is 19.3 Å². The Bertz CT molecular complexity index is 267. The topological polar surface area (TPSA) is 41.5 Å². The third kappa shape index (κ3) is 3.67. The Kier molecular flexibility index (Phi) is 5.66. The zero-order valence-corrected chi connectivity index (χ0v) is 10.4. The summed E-state index contributed by atoms with van der Waals surface area (Å²) in [6.07, 6.45) is 0. The van der Waals surface area contributed by atoms with Crippen LogP contribution in [0.25, 0.3) is 0 Å². The lowest BCUT2D eigenvalue weighted by molar-refractivity contribution is 0.128. The minimum absolute atomic E-state index is 0.00833. The highest BCUT2D eigenvalue weighted by atomic mass is 79.9. The van der Waals surface area contributed by atoms with Crippen LogP contribution in [0.1, 0.15) is 4.88 Å². The zero-order valence-electron chi connectivity index (χ0n) is 8.00. The molecule has 1 atom stereocenters. The van der Waals surface area contributed by atoms with Crippen molar-refractivity contribution in [1.82, 2.24) is 5.32 Å². The van der Waals surface area contributed by atoms with Crippen LogP contribution in [0.4, 0.5) is 0 Å². The van der Waals surface area contributed by atoms with Crippen LogP contribution >= 0.6 is 27.3 Å². The van der Waals surface area contributed by atoms with E-state index >= 15 is 0 Å². The van der Waals surface area contributed by atoms with Gasteiger partial charge in [-0.2, -0.15) is 0 Å². The maximum atomic E-state index is 9.00. The highest BCUT2D eigenvalue weighted by molar-refractivity contribution is 9.10. The van der Waals surface area contributed by atoms with E-state index in [1.807, 2.05) is 11.4 Å². The predicted octanol–water partition coefficient (Wildman–Crippen LogP) is 1.61. The fourth-order valence-corrected chi connectivity index (χ4v) is 2.51. The molecule has 0 radical (unpaired) electrons. The van der Waals surface area contributed by atoms with Gasteiger partial charge in [-0.25, -0.2) is 0 Å². The Balaban J connectivity index is 2.35. The third-order valence-corrected chi connectivity index (χ3v) is 3.76. The van der Waals surface area contributed by atoms with E-state index < -0.39 is 0 Å². The molecule has 80 valence electrons. The number of nitrogens with one attached hydrogen (secondary N) is 1. The average Bonchev–Trinajstić information content (AvgIpc) is 2.59. The summed E-state index contributed by atoms with van der Waals surface area (Å²) >= 11 is 5.14. The van der Waals surface area contributed by atoms with Crippen LogP contribution in [0.2, 0.25) is 0 Å². The standard InChI is InChI=1S/C9H14BrNO2S/c1-13-6-7(5-12)11-4-9-8(10)2-3-14-9/h2-3,7,11-12H,4-6H2,1H3. The van der Waals surface area contributed by atoms with Gasteiger partial charge in [-0.15, -0.1) is 11.3 Å². The molecule has 0 aliphatic carbocycles. The van der Waals surface area contributed by atoms with Crippen LogP contribution in [0, 0.1) is 0 Å². The Morgan fingerprint density at radius 2 is 2.50 bits per heavy atom. The number of ether oxygens (including phenoxy) is 1. The van der Waals surface area contributed by atoms with Gasteiger partial charge in [-0.1, -0.05) is 0 Å². The minimum atomic E-state index is 0.00833. The summed E-state index contributed by atoms with van der Waals surface area (Å²) in [4.78, 5) is 1.24. The van der Waals surface area contributed by atoms with Crippen LogP contribution in [-0.2, 0) is 11.3 Å². The monoisotopic (exact) mass is 279 g/mol. The second kappa shape index (κ2) is 6.53. The number of thiophene rings is 1. The second-order valence-electron chi connectivity index (χ2n) is 2.91. The molecule has 1 aromatic rings. The molecule has 1 unspecified atom stereocenters. The summed E-state index contributed by atoms with van der Waals surface area (Å²) in [7, 11) is 1.63. The highest BCUT2D eigenvalue weighted by Gasteiger charge is 2.07. The molecule has 0 aliphatic rings. The molecule has 14 heavy (non-hydrogen) atoms. The molecule has 0 fully saturated rings. The zero-order chi connectivity index (χ0) is 10.4. The fourth-order valence-electron chi connectivity index (χ4n) is 1.07. The van der Waals surface area contributed by atoms with Crippen LogP contribution in [0.3, 0.4) is 0 Å². The SMILES string of the molecule is COCC(CO)NCc1sccc1Br. The largest absolute Gasteiger partial charge is 0.395 e. The molecule has 2 N–H and O–H groups in total. The molecule has 0 saturated carbocycles. The van der Waals surface area contributed by atoms with Crippen LogP contribution in [0.5, 0.6) is 0 Å². The summed E-state index contributed by atoms with van der Waals surface area (Å²) in [5.74, 6) is 0. The smallest absolute Gasteiger partial charge is 0.0638 e. The highest BCUT2D eigenvalue weighted by Crippen LogP contribution is 2.22. The van der Waals surface area contributed by atoms with Crippen molar-refractivity contribution in [3.05, 3.63) is 20.8 Å². The minimum Gasteiger partial charge on any atom is -0.395 e. The molecule has 3 nitrogen and oxygen atoms in total. The van der Waals surface area contributed by atoms with Crippen molar-refractivity contribution in [2.75, 3.05) is 20.3 Å². The number of halogens is 1. The van der Waals surface area contributed by atoms with Gasteiger partial charge in [0, 0.05) is 23.0 Å². The normalized spacial score (nSPS) is 13.1. The molecule has 0 amide bonds. The van der Waals surface area contributed by atoms with Gasteiger partial charge < -0.3 is 15.2 Å². The molecular weight excluding hydrogens is 266 g/mol. The van der Waals surface area contributed by atoms with Gasteiger partial charge in [0.15, 0.2) is 0 Å². The van der Waals surface area contributed by atoms with Gasteiger partial charge in [-0.05, 0) is 27.4 Å². The summed E-state index contributed by atoms with van der Waals surface area (Å²) in [6.45, 7) is 1.38. The summed E-state index contributed by atoms with van der Waals surface area (Å²) in [6, 6.07) is 2.03. The Labute approximate surface area is 96.2 Å². The van der Waals surface area contributed by atoms with E-state index in [0.717, 1.165) is 11.0 Å². The van der Waals surface area contributed by atoms with E-state index in [9.17, 15) is 0 Å². The van der Waals surface area contributed by atoms with Crippen molar-refractivity contribution in [3.8, 4) is 0 Å². The van der Waals surface area contributed by atoms with Crippen molar-refractivity contribution in [2.24, 2.45) is 0 Å². The Hall–Kier alpha value is 0.0600. The van der Waals surface area contributed by atoms with Crippen LogP contribution < -0.4 is 5.32 Å². The number of hydrogen-bond donors (Lipinski definition) is 2. The number of aliphatic hydroxyl groups excluding tert-OH is 1. The maximum Gasteiger partial charge on any atom is 0.0638 e. The number of rotatable bonds is 6. The lowest BCUT2D eigenvalue weighted by Crippen LogP contribution is -2.35. The maximum absolute atomic E-state index is 9.00. The molecule has 0 spiro atoms. The van der Waals surface area contributed by atoms with Gasteiger partial charge >= 0.3 is 0 Å². The van der Waals surface area contributed by atoms with Crippen LogP contribution in [0.15, 0.2) is 15.9 Å². The van der Waals surface area contributed by atoms with Gasteiger partial charge in [0.2, 0.25) is 0 Å². The molecule has 1 heterocycles. The van der Waals surface area contributed by atoms with E-state index in [2.05, 4.69) is 21.2 Å². The van der Waals surface area contributed by atoms with E-state index in [1.165, 1.54) is 4.88 Å². The Morgan fingerprint density at radius 1 is 1.71 bits per heavy atom. The first-order valence-corrected chi connectivity index (χ1v) is 6.00. The van der Waals surface area contributed by atoms with E-state index in [1.54, 1.807) is 18.4 Å². The quantitative estimate of drug-likeness (QED) is 0.832. The second-order valence-corrected chi connectivity index (χ2v) is 4.76. The summed E-state index contributed by atoms with van der Waals surface area (Å²) < 4.78 is 6.08. The van der Waals surface area contributed by atoms with Gasteiger partial charge in [0.25, 0.3) is 0 Å². The van der Waals surface area contributed by atoms with Gasteiger partial charge in [-0.3, -0.25) is 0 Å². The summed E-state index contributed by atoms with van der Waals surface area (Å²) in [5, 5.41) is 14.3. The lowest BCUT2D eigenvalue weighted by Gasteiger charge is -2.14. The fraction of sp³-hybridized carbons (Fsp3) is 0.556. The van der Waals surface area contributed by atoms with Crippen LogP contribution in [-0.4, -0.2) is 31.5 Å². The average molecular weight is 280 g/mol. The first kappa shape index (κ1) is 12.1. The first-order chi connectivity index (χ1) is 6.77. The lowest BCUT2D eigenvalue weighted by atomic mass is 10.3. The van der Waals surface area contributed by atoms with Crippen molar-refractivity contribution < 1.29 is 9.84 Å². The molecule has 0 aliphatic heterocycles. The van der Waals surface area contributed by atoms with E-state index in [4.69, 9.17) is 9.84 Å². The predicted molar refractivity (Wildman–Crippen MR) is 61.6 cm³/mol. The molecule has 5 heteroatoms. The summed E-state index contributed by atoms with van der Waals surface area (Å²) in [5.41, 5.74) is 0. The molecule has 0 bridgehead atoms. The van der Waals surface area contributed by atoms with Crippen molar-refractivity contribution in [1.29, 1.82) is 0 Å². The number of hydrogen-bond acceptors (Lipinski definition) is 4. The molecule has 1 rings (SSSR count). The molecule has 1 aromatic heterocycles. The van der Waals surface area contributed by atoms with E-state index in [0.29, 0.717) is 6.61 Å². The first-order valence-electron chi connectivity index (χ1n) is 4.33. The third-order valence-electron chi connectivity index (χ3n) is 1.83. The number of methoxy groups -OCH3 is 1. The van der Waals surface area contributed by atoms with Crippen molar-refractivity contribution in [2.45, 2.75) is 12.6 Å².